The molecule has 0 aliphatic carbocycles. The third-order valence-electron chi connectivity index (χ3n) is 4.51. The van der Waals surface area contributed by atoms with Gasteiger partial charge in [-0.25, -0.2) is 9.97 Å². The van der Waals surface area contributed by atoms with Crippen molar-refractivity contribution >= 4 is 39.3 Å². The molecule has 3 heterocycles. The summed E-state index contributed by atoms with van der Waals surface area (Å²) in [6, 6.07) is 8.62. The van der Waals surface area contributed by atoms with Crippen LogP contribution in [0.15, 0.2) is 35.1 Å². The molecule has 0 spiro atoms. The number of benzene rings is 1. The van der Waals surface area contributed by atoms with Gasteiger partial charge in [0.2, 0.25) is 0 Å². The smallest absolute Gasteiger partial charge is 0.134 e. The van der Waals surface area contributed by atoms with Crippen LogP contribution in [0.25, 0.3) is 0 Å². The third-order valence-corrected chi connectivity index (χ3v) is 6.19. The number of hydrogen-bond acceptors (Lipinski definition) is 5. The summed E-state index contributed by atoms with van der Waals surface area (Å²) < 4.78 is 1.23. The Balaban J connectivity index is 1.57. The topological polar surface area (TPSA) is 32.3 Å². The minimum Gasteiger partial charge on any atom is -0.355 e. The number of anilines is 2. The molecule has 1 fully saturated rings. The Labute approximate surface area is 149 Å². The number of nitrogens with zero attached hydrogens (tertiary/aromatic N) is 4. The van der Waals surface area contributed by atoms with E-state index in [1.54, 1.807) is 6.33 Å². The van der Waals surface area contributed by atoms with Crippen LogP contribution in [0.1, 0.15) is 11.1 Å². The zero-order valence-electron chi connectivity index (χ0n) is 12.9. The quantitative estimate of drug-likeness (QED) is 0.784. The van der Waals surface area contributed by atoms with Gasteiger partial charge in [-0.3, -0.25) is 0 Å². The first-order valence-electron chi connectivity index (χ1n) is 7.97. The van der Waals surface area contributed by atoms with Gasteiger partial charge in [-0.2, -0.15) is 11.8 Å². The number of hydrogen-bond donors (Lipinski definition) is 0. The van der Waals surface area contributed by atoms with E-state index >= 15 is 0 Å². The molecule has 4 nitrogen and oxygen atoms in total. The minimum absolute atomic E-state index is 0.918. The van der Waals surface area contributed by atoms with Gasteiger partial charge in [-0.05, 0) is 23.6 Å². The van der Waals surface area contributed by atoms with Crippen molar-refractivity contribution in [3.63, 3.8) is 0 Å². The number of thioether (sulfide) groups is 1. The van der Waals surface area contributed by atoms with Gasteiger partial charge in [-0.1, -0.05) is 28.1 Å². The standard InChI is InChI=1S/C17H19BrN4S/c18-15-3-1-2-13-11-22(5-4-14(13)15)17-10-16(19-12-20-17)21-6-8-23-9-7-21/h1-3,10,12H,4-9,11H2. The van der Waals surface area contributed by atoms with E-state index in [-0.39, 0.29) is 0 Å². The Bertz CT molecular complexity index is 703. The maximum Gasteiger partial charge on any atom is 0.134 e. The van der Waals surface area contributed by atoms with E-state index in [0.29, 0.717) is 0 Å². The summed E-state index contributed by atoms with van der Waals surface area (Å²) in [6.07, 6.45) is 2.76. The number of halogens is 1. The third kappa shape index (κ3) is 3.19. The van der Waals surface area contributed by atoms with Crippen LogP contribution in [0, 0.1) is 0 Å². The lowest BCUT2D eigenvalue weighted by Gasteiger charge is -2.32. The summed E-state index contributed by atoms with van der Waals surface area (Å²) in [5.74, 6) is 4.48. The second kappa shape index (κ2) is 6.69. The van der Waals surface area contributed by atoms with Gasteiger partial charge >= 0.3 is 0 Å². The molecule has 1 saturated heterocycles. The van der Waals surface area contributed by atoms with E-state index in [1.807, 2.05) is 11.8 Å². The lowest BCUT2D eigenvalue weighted by atomic mass is 10.00. The predicted octanol–water partition coefficient (Wildman–Crippen LogP) is 3.36. The van der Waals surface area contributed by atoms with Gasteiger partial charge in [0.25, 0.3) is 0 Å². The molecule has 0 bridgehead atoms. The zero-order valence-corrected chi connectivity index (χ0v) is 15.3. The van der Waals surface area contributed by atoms with Crippen molar-refractivity contribution in [3.8, 4) is 0 Å². The maximum absolute atomic E-state index is 4.52. The van der Waals surface area contributed by atoms with E-state index in [4.69, 9.17) is 0 Å². The zero-order chi connectivity index (χ0) is 15.6. The fourth-order valence-corrected chi connectivity index (χ4v) is 4.74. The average Bonchev–Trinajstić information content (AvgIpc) is 2.62. The highest BCUT2D eigenvalue weighted by Crippen LogP contribution is 2.29. The summed E-state index contributed by atoms with van der Waals surface area (Å²) in [7, 11) is 0. The van der Waals surface area contributed by atoms with Crippen LogP contribution in [0.3, 0.4) is 0 Å². The van der Waals surface area contributed by atoms with E-state index in [1.165, 1.54) is 27.1 Å². The van der Waals surface area contributed by atoms with Crippen LogP contribution < -0.4 is 9.80 Å². The number of aromatic nitrogens is 2. The number of fused-ring (bicyclic) bond motifs is 1. The molecule has 4 rings (SSSR count). The predicted molar refractivity (Wildman–Crippen MR) is 100 cm³/mol. The lowest BCUT2D eigenvalue weighted by molar-refractivity contribution is 0.715. The summed E-state index contributed by atoms with van der Waals surface area (Å²) >= 11 is 5.69. The van der Waals surface area contributed by atoms with Crippen LogP contribution in [0.2, 0.25) is 0 Å². The SMILES string of the molecule is Brc1cccc2c1CCN(c1cc(N3CCSCC3)ncn1)C2. The van der Waals surface area contributed by atoms with Gasteiger partial charge in [0.05, 0.1) is 0 Å². The fraction of sp³-hybridized carbons (Fsp3) is 0.412. The molecule has 0 amide bonds. The second-order valence-electron chi connectivity index (χ2n) is 5.88. The molecule has 0 atom stereocenters. The average molecular weight is 391 g/mol. The van der Waals surface area contributed by atoms with Gasteiger partial charge < -0.3 is 9.80 Å². The van der Waals surface area contributed by atoms with Crippen LogP contribution in [0.4, 0.5) is 11.6 Å². The monoisotopic (exact) mass is 390 g/mol. The molecular formula is C17H19BrN4S. The Morgan fingerprint density at radius 2 is 1.78 bits per heavy atom. The van der Waals surface area contributed by atoms with Crippen molar-refractivity contribution in [2.75, 3.05) is 40.9 Å². The van der Waals surface area contributed by atoms with E-state index in [2.05, 4.69) is 60.0 Å². The molecule has 1 aromatic carbocycles. The van der Waals surface area contributed by atoms with Crippen molar-refractivity contribution < 1.29 is 0 Å². The maximum atomic E-state index is 4.52. The highest BCUT2D eigenvalue weighted by Gasteiger charge is 2.20. The van der Waals surface area contributed by atoms with Crippen LogP contribution in [-0.2, 0) is 13.0 Å². The van der Waals surface area contributed by atoms with Crippen molar-refractivity contribution in [1.82, 2.24) is 9.97 Å². The van der Waals surface area contributed by atoms with Crippen molar-refractivity contribution in [3.05, 3.63) is 46.2 Å². The van der Waals surface area contributed by atoms with E-state index in [9.17, 15) is 0 Å². The van der Waals surface area contributed by atoms with Crippen LogP contribution in [0.5, 0.6) is 0 Å². The molecule has 0 N–H and O–H groups in total. The number of rotatable bonds is 2. The lowest BCUT2D eigenvalue weighted by Crippen LogP contribution is -2.34. The first kappa shape index (κ1) is 15.3. The second-order valence-corrected chi connectivity index (χ2v) is 7.96. The molecular weight excluding hydrogens is 372 g/mol. The van der Waals surface area contributed by atoms with Crippen molar-refractivity contribution in [2.24, 2.45) is 0 Å². The molecule has 2 aromatic rings. The van der Waals surface area contributed by atoms with Gasteiger partial charge in [0.15, 0.2) is 0 Å². The van der Waals surface area contributed by atoms with E-state index in [0.717, 1.165) is 44.2 Å². The molecule has 0 unspecified atom stereocenters. The van der Waals surface area contributed by atoms with Crippen LogP contribution >= 0.6 is 27.7 Å². The summed E-state index contributed by atoms with van der Waals surface area (Å²) in [5, 5.41) is 0. The van der Waals surface area contributed by atoms with Crippen LogP contribution in [-0.4, -0.2) is 41.1 Å². The first-order chi connectivity index (χ1) is 11.3. The van der Waals surface area contributed by atoms with Crippen molar-refractivity contribution in [1.29, 1.82) is 0 Å². The van der Waals surface area contributed by atoms with Gasteiger partial charge in [0, 0.05) is 48.2 Å². The molecule has 0 radical (unpaired) electrons. The minimum atomic E-state index is 0.918. The molecule has 2 aliphatic rings. The summed E-state index contributed by atoms with van der Waals surface area (Å²) in [6.45, 7) is 4.08. The van der Waals surface area contributed by atoms with E-state index < -0.39 is 0 Å². The molecule has 23 heavy (non-hydrogen) atoms. The Morgan fingerprint density at radius 3 is 2.61 bits per heavy atom. The van der Waals surface area contributed by atoms with Crippen molar-refractivity contribution in [2.45, 2.75) is 13.0 Å². The molecule has 120 valence electrons. The highest BCUT2D eigenvalue weighted by atomic mass is 79.9. The summed E-state index contributed by atoms with van der Waals surface area (Å²) in [5.41, 5.74) is 2.83. The Kier molecular flexibility index (Phi) is 4.44. The normalized spacial score (nSPS) is 18.0. The molecule has 1 aromatic heterocycles. The highest BCUT2D eigenvalue weighted by molar-refractivity contribution is 9.10. The fourth-order valence-electron chi connectivity index (χ4n) is 3.23. The largest absolute Gasteiger partial charge is 0.355 e. The Morgan fingerprint density at radius 1 is 1.00 bits per heavy atom. The van der Waals surface area contributed by atoms with Gasteiger partial charge in [-0.15, -0.1) is 0 Å². The summed E-state index contributed by atoms with van der Waals surface area (Å²) in [4.78, 5) is 13.7. The van der Waals surface area contributed by atoms with Gasteiger partial charge in [0.1, 0.15) is 18.0 Å². The first-order valence-corrected chi connectivity index (χ1v) is 9.92. The molecule has 0 saturated carbocycles. The Hall–Kier alpha value is -1.27. The molecule has 6 heteroatoms. The molecule has 2 aliphatic heterocycles.